The lowest BCUT2D eigenvalue weighted by molar-refractivity contribution is -0.141. The SMILES string of the molecule is C[C@@]12C(=O)C3=C4[C@](C)(C(=O)C=C[C@@]4(C)CO3)[C@H]1CC[C@]1(C)C2=CC[C@H]1c1ccoc1. The lowest BCUT2D eigenvalue weighted by atomic mass is 9.41. The Hall–Kier alpha value is -2.36. The second kappa shape index (κ2) is 5.27. The van der Waals surface area contributed by atoms with Crippen molar-refractivity contribution in [2.45, 2.75) is 52.9 Å². The first-order valence-electron chi connectivity index (χ1n) is 11.1. The lowest BCUT2D eigenvalue weighted by Gasteiger charge is -2.59. The number of ketones is 2. The van der Waals surface area contributed by atoms with Crippen molar-refractivity contribution in [3.05, 3.63) is 59.3 Å². The van der Waals surface area contributed by atoms with E-state index in [9.17, 15) is 9.59 Å². The van der Waals surface area contributed by atoms with Crippen LogP contribution in [0, 0.1) is 27.6 Å². The van der Waals surface area contributed by atoms with E-state index in [4.69, 9.17) is 9.15 Å². The number of hydrogen-bond acceptors (Lipinski definition) is 4. The van der Waals surface area contributed by atoms with E-state index >= 15 is 0 Å². The summed E-state index contributed by atoms with van der Waals surface area (Å²) >= 11 is 0. The highest BCUT2D eigenvalue weighted by atomic mass is 16.5. The van der Waals surface area contributed by atoms with E-state index in [1.165, 1.54) is 11.1 Å². The largest absolute Gasteiger partial charge is 0.489 e. The van der Waals surface area contributed by atoms with Crippen molar-refractivity contribution in [1.29, 1.82) is 0 Å². The molecule has 4 heteroatoms. The minimum absolute atomic E-state index is 0.0443. The fourth-order valence-corrected chi connectivity index (χ4v) is 7.98. The van der Waals surface area contributed by atoms with Gasteiger partial charge < -0.3 is 9.15 Å². The number of Topliss-reactive ketones (excluding diaryl/α,β-unsaturated/α-hetero) is 1. The number of fused-ring (bicyclic) bond motifs is 4. The van der Waals surface area contributed by atoms with Crippen molar-refractivity contribution in [1.82, 2.24) is 0 Å². The highest BCUT2D eigenvalue weighted by Crippen LogP contribution is 2.72. The average molecular weight is 405 g/mol. The van der Waals surface area contributed by atoms with Gasteiger partial charge in [0.2, 0.25) is 5.78 Å². The Morgan fingerprint density at radius 2 is 1.90 bits per heavy atom. The van der Waals surface area contributed by atoms with Crippen molar-refractivity contribution < 1.29 is 18.7 Å². The molecule has 5 aliphatic rings. The number of furan rings is 1. The summed E-state index contributed by atoms with van der Waals surface area (Å²) in [6.07, 6.45) is 12.3. The minimum atomic E-state index is -0.717. The Kier molecular flexibility index (Phi) is 3.24. The molecule has 6 atom stereocenters. The first kappa shape index (κ1) is 18.4. The number of hydrogen-bond donors (Lipinski definition) is 0. The molecule has 0 bridgehead atoms. The summed E-state index contributed by atoms with van der Waals surface area (Å²) in [6, 6.07) is 2.05. The number of ether oxygens (including phenoxy) is 1. The first-order chi connectivity index (χ1) is 14.2. The minimum Gasteiger partial charge on any atom is -0.489 e. The van der Waals surface area contributed by atoms with Crippen LogP contribution in [-0.4, -0.2) is 18.2 Å². The maximum Gasteiger partial charge on any atom is 0.207 e. The number of carbonyl (C=O) groups excluding carboxylic acids is 2. The van der Waals surface area contributed by atoms with Gasteiger partial charge in [-0.3, -0.25) is 9.59 Å². The third kappa shape index (κ3) is 1.78. The van der Waals surface area contributed by atoms with Crippen LogP contribution in [0.15, 0.2) is 58.1 Å². The third-order valence-electron chi connectivity index (χ3n) is 9.42. The van der Waals surface area contributed by atoms with E-state index in [-0.39, 0.29) is 28.3 Å². The Labute approximate surface area is 177 Å². The second-order valence-electron chi connectivity index (χ2n) is 10.8. The Morgan fingerprint density at radius 1 is 1.10 bits per heavy atom. The van der Waals surface area contributed by atoms with Gasteiger partial charge in [0.05, 0.1) is 23.4 Å². The van der Waals surface area contributed by atoms with Gasteiger partial charge in [-0.2, -0.15) is 0 Å². The van der Waals surface area contributed by atoms with Crippen LogP contribution in [0.1, 0.15) is 58.4 Å². The zero-order valence-electron chi connectivity index (χ0n) is 18.1. The van der Waals surface area contributed by atoms with Gasteiger partial charge in [0.1, 0.15) is 6.61 Å². The van der Waals surface area contributed by atoms with E-state index in [1.54, 1.807) is 12.3 Å². The fraction of sp³-hybridized carbons (Fsp3) is 0.538. The average Bonchev–Trinajstić information content (AvgIpc) is 3.41. The van der Waals surface area contributed by atoms with Crippen LogP contribution in [0.2, 0.25) is 0 Å². The molecule has 1 aromatic rings. The zero-order valence-corrected chi connectivity index (χ0v) is 18.1. The predicted octanol–water partition coefficient (Wildman–Crippen LogP) is 5.13. The molecular weight excluding hydrogens is 376 g/mol. The van der Waals surface area contributed by atoms with Crippen LogP contribution in [-0.2, 0) is 14.3 Å². The van der Waals surface area contributed by atoms with Gasteiger partial charge in [0.25, 0.3) is 0 Å². The molecule has 6 rings (SSSR count). The summed E-state index contributed by atoms with van der Waals surface area (Å²) in [4.78, 5) is 27.5. The second-order valence-corrected chi connectivity index (χ2v) is 10.8. The predicted molar refractivity (Wildman–Crippen MR) is 111 cm³/mol. The number of rotatable bonds is 1. The molecule has 0 unspecified atom stereocenters. The first-order valence-corrected chi connectivity index (χ1v) is 11.1. The molecule has 1 aromatic heterocycles. The summed E-state index contributed by atoms with van der Waals surface area (Å²) in [5.74, 6) is 0.925. The monoisotopic (exact) mass is 404 g/mol. The molecule has 0 spiro atoms. The Bertz CT molecular complexity index is 1090. The summed E-state index contributed by atoms with van der Waals surface area (Å²) in [7, 11) is 0. The molecular formula is C26H28O4. The molecule has 0 N–H and O–H groups in total. The van der Waals surface area contributed by atoms with Crippen LogP contribution in [0.25, 0.3) is 0 Å². The van der Waals surface area contributed by atoms with E-state index < -0.39 is 10.8 Å². The van der Waals surface area contributed by atoms with Crippen LogP contribution in [0.3, 0.4) is 0 Å². The van der Waals surface area contributed by atoms with Crippen molar-refractivity contribution >= 4 is 11.6 Å². The summed E-state index contributed by atoms with van der Waals surface area (Å²) in [5, 5.41) is 0. The summed E-state index contributed by atoms with van der Waals surface area (Å²) in [5.41, 5.74) is 1.45. The molecule has 4 aliphatic carbocycles. The summed E-state index contributed by atoms with van der Waals surface area (Å²) < 4.78 is 11.5. The lowest BCUT2D eigenvalue weighted by Crippen LogP contribution is -2.60. The molecule has 1 fully saturated rings. The molecule has 4 nitrogen and oxygen atoms in total. The summed E-state index contributed by atoms with van der Waals surface area (Å²) in [6.45, 7) is 9.00. The van der Waals surface area contributed by atoms with Crippen molar-refractivity contribution in [2.24, 2.45) is 27.6 Å². The van der Waals surface area contributed by atoms with Gasteiger partial charge in [0.15, 0.2) is 11.5 Å². The van der Waals surface area contributed by atoms with E-state index in [0.29, 0.717) is 18.3 Å². The maximum atomic E-state index is 14.1. The van der Waals surface area contributed by atoms with Crippen LogP contribution in [0.5, 0.6) is 0 Å². The van der Waals surface area contributed by atoms with Crippen molar-refractivity contribution in [3.63, 3.8) is 0 Å². The molecule has 2 heterocycles. The number of carbonyl (C=O) groups is 2. The van der Waals surface area contributed by atoms with E-state index in [2.05, 4.69) is 33.8 Å². The molecule has 156 valence electrons. The van der Waals surface area contributed by atoms with Gasteiger partial charge in [-0.1, -0.05) is 24.6 Å². The maximum absolute atomic E-state index is 14.1. The molecule has 0 amide bonds. The molecule has 30 heavy (non-hydrogen) atoms. The Morgan fingerprint density at radius 3 is 2.63 bits per heavy atom. The van der Waals surface area contributed by atoms with Gasteiger partial charge in [0, 0.05) is 11.0 Å². The van der Waals surface area contributed by atoms with Crippen LogP contribution >= 0.6 is 0 Å². The quantitative estimate of drug-likeness (QED) is 0.609. The molecule has 0 radical (unpaired) electrons. The highest BCUT2D eigenvalue weighted by Gasteiger charge is 2.70. The standard InChI is InChI=1S/C26H28O4/c1-23-10-8-19(27)26(4)18-7-11-24(2)16(15-9-12-29-13-15)5-6-17(24)25(18,3)22(28)20(21(23)26)30-14-23/h6,8-10,12-13,16,18H,5,7,11,14H2,1-4H3/t16-,18-,23-,24-,25-,26-/m0/s1. The van der Waals surface area contributed by atoms with Gasteiger partial charge in [-0.25, -0.2) is 0 Å². The normalized spacial score (nSPS) is 46.3. The van der Waals surface area contributed by atoms with Crippen LogP contribution in [0.4, 0.5) is 0 Å². The van der Waals surface area contributed by atoms with Gasteiger partial charge >= 0.3 is 0 Å². The molecule has 1 aliphatic heterocycles. The van der Waals surface area contributed by atoms with Crippen LogP contribution < -0.4 is 0 Å². The van der Waals surface area contributed by atoms with Gasteiger partial charge in [-0.05, 0) is 75.0 Å². The topological polar surface area (TPSA) is 56.5 Å². The number of allylic oxidation sites excluding steroid dienone is 4. The zero-order chi connectivity index (χ0) is 21.1. The molecule has 0 saturated heterocycles. The Balaban J connectivity index is 1.55. The molecule has 1 saturated carbocycles. The fourth-order valence-electron chi connectivity index (χ4n) is 7.98. The van der Waals surface area contributed by atoms with E-state index in [0.717, 1.165) is 24.8 Å². The van der Waals surface area contributed by atoms with E-state index in [1.807, 2.05) is 18.4 Å². The van der Waals surface area contributed by atoms with Gasteiger partial charge in [-0.15, -0.1) is 0 Å². The molecule has 0 aromatic carbocycles. The van der Waals surface area contributed by atoms with Crippen molar-refractivity contribution in [2.75, 3.05) is 6.61 Å². The highest BCUT2D eigenvalue weighted by molar-refractivity contribution is 6.09. The third-order valence-corrected chi connectivity index (χ3v) is 9.42. The van der Waals surface area contributed by atoms with Crippen molar-refractivity contribution in [3.8, 4) is 0 Å². The smallest absolute Gasteiger partial charge is 0.207 e.